The van der Waals surface area contributed by atoms with Crippen LogP contribution in [0.3, 0.4) is 0 Å². The zero-order valence-electron chi connectivity index (χ0n) is 8.51. The van der Waals surface area contributed by atoms with E-state index in [4.69, 9.17) is 20.0 Å². The number of ether oxygens (including phenoxy) is 2. The fourth-order valence-corrected chi connectivity index (χ4v) is 1.36. The number of benzene rings is 1. The van der Waals surface area contributed by atoms with E-state index in [2.05, 4.69) is 0 Å². The zero-order valence-corrected chi connectivity index (χ0v) is 8.51. The van der Waals surface area contributed by atoms with Crippen molar-refractivity contribution in [3.05, 3.63) is 29.8 Å². The van der Waals surface area contributed by atoms with Crippen LogP contribution in [0.1, 0.15) is 12.5 Å². The van der Waals surface area contributed by atoms with Gasteiger partial charge in [-0.25, -0.2) is 0 Å². The summed E-state index contributed by atoms with van der Waals surface area (Å²) in [6.45, 7) is 3.29. The smallest absolute Gasteiger partial charge is 0.161 e. The summed E-state index contributed by atoms with van der Waals surface area (Å²) in [7, 11) is 0. The molecule has 1 aromatic carbocycles. The Bertz CT molecular complexity index is 333. The lowest BCUT2D eigenvalue weighted by Crippen LogP contribution is -2.15. The van der Waals surface area contributed by atoms with Crippen LogP contribution in [0.15, 0.2) is 24.3 Å². The van der Waals surface area contributed by atoms with E-state index in [0.717, 1.165) is 17.1 Å². The number of hydrogen-bond acceptors (Lipinski definition) is 4. The molecule has 1 aliphatic rings. The minimum atomic E-state index is 0.645. The Morgan fingerprint density at radius 1 is 1.13 bits per heavy atom. The third-order valence-electron chi connectivity index (χ3n) is 1.93. The standard InChI is InChI=1S/C11H12O2.H2O2/c1-2-3-9-4-5-10-11(8-9)13-7-6-12-10;1-2/h2-5,8H,6-7H2,1H3;1-2H/b3-2+;. The molecule has 1 aromatic rings. The molecule has 0 radical (unpaired) electrons. The molecule has 82 valence electrons. The van der Waals surface area contributed by atoms with Crippen LogP contribution in [-0.4, -0.2) is 23.7 Å². The summed E-state index contributed by atoms with van der Waals surface area (Å²) in [4.78, 5) is 0. The fraction of sp³-hybridized carbons (Fsp3) is 0.273. The van der Waals surface area contributed by atoms with Crippen LogP contribution in [0.2, 0.25) is 0 Å². The molecule has 0 amide bonds. The van der Waals surface area contributed by atoms with Crippen LogP contribution in [0, 0.1) is 0 Å². The van der Waals surface area contributed by atoms with Crippen LogP contribution in [-0.2, 0) is 0 Å². The van der Waals surface area contributed by atoms with Gasteiger partial charge < -0.3 is 9.47 Å². The van der Waals surface area contributed by atoms with E-state index in [9.17, 15) is 0 Å². The van der Waals surface area contributed by atoms with Gasteiger partial charge in [-0.1, -0.05) is 18.2 Å². The Hall–Kier alpha value is -1.52. The van der Waals surface area contributed by atoms with Crippen molar-refractivity contribution in [2.45, 2.75) is 6.92 Å². The lowest BCUT2D eigenvalue weighted by atomic mass is 10.2. The normalized spacial score (nSPS) is 13.3. The van der Waals surface area contributed by atoms with Crippen molar-refractivity contribution in [2.24, 2.45) is 0 Å². The molecule has 1 heterocycles. The predicted molar refractivity (Wildman–Crippen MR) is 57.4 cm³/mol. The van der Waals surface area contributed by atoms with Gasteiger partial charge in [0.15, 0.2) is 11.5 Å². The third-order valence-corrected chi connectivity index (χ3v) is 1.93. The lowest BCUT2D eigenvalue weighted by Gasteiger charge is -2.18. The molecule has 0 saturated carbocycles. The minimum absolute atomic E-state index is 0.645. The average molecular weight is 210 g/mol. The molecule has 2 rings (SSSR count). The minimum Gasteiger partial charge on any atom is -0.486 e. The highest BCUT2D eigenvalue weighted by atomic mass is 17.0. The second-order valence-electron chi connectivity index (χ2n) is 2.90. The molecule has 4 heteroatoms. The van der Waals surface area contributed by atoms with Crippen molar-refractivity contribution in [1.82, 2.24) is 0 Å². The molecule has 0 saturated heterocycles. The maximum Gasteiger partial charge on any atom is 0.161 e. The number of hydrogen-bond donors (Lipinski definition) is 2. The summed E-state index contributed by atoms with van der Waals surface area (Å²) in [5.74, 6) is 1.70. The van der Waals surface area contributed by atoms with Crippen LogP contribution >= 0.6 is 0 Å². The third kappa shape index (κ3) is 2.97. The molecule has 0 atom stereocenters. The molecule has 0 aromatic heterocycles. The molecular formula is C11H14O4. The Labute approximate surface area is 88.3 Å². The highest BCUT2D eigenvalue weighted by Crippen LogP contribution is 2.30. The van der Waals surface area contributed by atoms with E-state index in [0.29, 0.717) is 13.2 Å². The molecule has 0 spiro atoms. The largest absolute Gasteiger partial charge is 0.486 e. The van der Waals surface area contributed by atoms with E-state index >= 15 is 0 Å². The topological polar surface area (TPSA) is 58.9 Å². The molecule has 0 bridgehead atoms. The van der Waals surface area contributed by atoms with E-state index in [-0.39, 0.29) is 0 Å². The maximum atomic E-state index is 6.00. The van der Waals surface area contributed by atoms with Crippen LogP contribution < -0.4 is 9.47 Å². The number of allylic oxidation sites excluding steroid dienone is 1. The second kappa shape index (κ2) is 6.06. The first-order chi connectivity index (χ1) is 7.40. The fourth-order valence-electron chi connectivity index (χ4n) is 1.36. The van der Waals surface area contributed by atoms with Crippen LogP contribution in [0.4, 0.5) is 0 Å². The van der Waals surface area contributed by atoms with Gasteiger partial charge in [0.05, 0.1) is 0 Å². The van der Waals surface area contributed by atoms with Gasteiger partial charge in [0.2, 0.25) is 0 Å². The predicted octanol–water partition coefficient (Wildman–Crippen LogP) is 2.51. The summed E-state index contributed by atoms with van der Waals surface area (Å²) in [5, 5.41) is 12.0. The highest BCUT2D eigenvalue weighted by molar-refractivity contribution is 5.55. The second-order valence-corrected chi connectivity index (χ2v) is 2.90. The highest BCUT2D eigenvalue weighted by Gasteiger charge is 2.10. The van der Waals surface area contributed by atoms with Gasteiger partial charge in [-0.2, -0.15) is 0 Å². The van der Waals surface area contributed by atoms with Gasteiger partial charge in [-0.15, -0.1) is 0 Å². The number of fused-ring (bicyclic) bond motifs is 1. The van der Waals surface area contributed by atoms with Crippen molar-refractivity contribution >= 4 is 6.08 Å². The SMILES string of the molecule is C/C=C/c1ccc2c(c1)OCCO2.OO. The Morgan fingerprint density at radius 3 is 2.47 bits per heavy atom. The van der Waals surface area contributed by atoms with E-state index < -0.39 is 0 Å². The average Bonchev–Trinajstić information content (AvgIpc) is 2.32. The van der Waals surface area contributed by atoms with Gasteiger partial charge >= 0.3 is 0 Å². The lowest BCUT2D eigenvalue weighted by molar-refractivity contribution is -0.176. The molecule has 15 heavy (non-hydrogen) atoms. The quantitative estimate of drug-likeness (QED) is 0.552. The van der Waals surface area contributed by atoms with Crippen LogP contribution in [0.5, 0.6) is 11.5 Å². The molecule has 1 aliphatic heterocycles. The van der Waals surface area contributed by atoms with Crippen LogP contribution in [0.25, 0.3) is 6.08 Å². The molecule has 0 fully saturated rings. The van der Waals surface area contributed by atoms with Crippen molar-refractivity contribution < 1.29 is 20.0 Å². The van der Waals surface area contributed by atoms with Gasteiger partial charge in [0.1, 0.15) is 13.2 Å². The molecule has 0 unspecified atom stereocenters. The monoisotopic (exact) mass is 210 g/mol. The molecular weight excluding hydrogens is 196 g/mol. The van der Waals surface area contributed by atoms with E-state index in [1.54, 1.807) is 0 Å². The Kier molecular flexibility index (Phi) is 4.66. The van der Waals surface area contributed by atoms with Gasteiger partial charge in [0, 0.05) is 0 Å². The Balaban J connectivity index is 0.000000531. The summed E-state index contributed by atoms with van der Waals surface area (Å²) in [6.07, 6.45) is 4.05. The van der Waals surface area contributed by atoms with Gasteiger partial charge in [-0.3, -0.25) is 10.5 Å². The number of rotatable bonds is 1. The first-order valence-corrected chi connectivity index (χ1v) is 4.62. The first kappa shape index (κ1) is 11.6. The summed E-state index contributed by atoms with van der Waals surface area (Å²) < 4.78 is 10.9. The van der Waals surface area contributed by atoms with Crippen molar-refractivity contribution in [2.75, 3.05) is 13.2 Å². The zero-order chi connectivity index (χ0) is 11.1. The Morgan fingerprint density at radius 2 is 1.80 bits per heavy atom. The first-order valence-electron chi connectivity index (χ1n) is 4.62. The molecule has 2 N–H and O–H groups in total. The van der Waals surface area contributed by atoms with E-state index in [1.807, 2.05) is 37.3 Å². The van der Waals surface area contributed by atoms with Gasteiger partial charge in [0.25, 0.3) is 0 Å². The maximum absolute atomic E-state index is 6.00. The van der Waals surface area contributed by atoms with Crippen molar-refractivity contribution in [3.63, 3.8) is 0 Å². The summed E-state index contributed by atoms with van der Waals surface area (Å²) >= 11 is 0. The van der Waals surface area contributed by atoms with Crippen molar-refractivity contribution in [1.29, 1.82) is 0 Å². The van der Waals surface area contributed by atoms with E-state index in [1.165, 1.54) is 0 Å². The van der Waals surface area contributed by atoms with Crippen molar-refractivity contribution in [3.8, 4) is 11.5 Å². The summed E-state index contributed by atoms with van der Waals surface area (Å²) in [6, 6.07) is 5.96. The molecule has 0 aliphatic carbocycles. The molecule has 4 nitrogen and oxygen atoms in total. The summed E-state index contributed by atoms with van der Waals surface area (Å²) in [5.41, 5.74) is 1.15. The van der Waals surface area contributed by atoms with Gasteiger partial charge in [-0.05, 0) is 24.6 Å².